The molecule has 0 unspecified atom stereocenters. The molecule has 4 fully saturated rings. The first-order valence-electron chi connectivity index (χ1n) is 14.3. The maximum Gasteiger partial charge on any atom is 0.312 e. The van der Waals surface area contributed by atoms with Crippen LogP contribution in [0.4, 0.5) is 0 Å². The lowest BCUT2D eigenvalue weighted by molar-refractivity contribution is -0.213. The van der Waals surface area contributed by atoms with Crippen molar-refractivity contribution < 1.29 is 19.7 Å². The summed E-state index contributed by atoms with van der Waals surface area (Å²) in [6.45, 7) is 16.4. The number of fused-ring (bicyclic) bond motifs is 7. The Morgan fingerprint density at radius 2 is 1.54 bits per heavy atom. The topological polar surface area (TPSA) is 66.8 Å². The van der Waals surface area contributed by atoms with E-state index in [-0.39, 0.29) is 45.1 Å². The molecule has 9 atom stereocenters. The highest BCUT2D eigenvalue weighted by Gasteiger charge is 2.70. The number of ether oxygens (including phenoxy) is 1. The number of carbonyl (C=O) groups is 1. The fourth-order valence-corrected chi connectivity index (χ4v) is 10.8. The first kappa shape index (κ1) is 25.8. The summed E-state index contributed by atoms with van der Waals surface area (Å²) < 4.78 is 5.43. The molecule has 0 bridgehead atoms. The fourth-order valence-electron chi connectivity index (χ4n) is 10.8. The van der Waals surface area contributed by atoms with Gasteiger partial charge in [0, 0.05) is 5.92 Å². The van der Waals surface area contributed by atoms with Gasteiger partial charge in [-0.3, -0.25) is 4.79 Å². The van der Waals surface area contributed by atoms with E-state index >= 15 is 0 Å². The van der Waals surface area contributed by atoms with Crippen LogP contribution in [0.5, 0.6) is 0 Å². The molecule has 0 aliphatic heterocycles. The lowest BCUT2D eigenvalue weighted by Crippen LogP contribution is -2.66. The SMILES string of the molecule is COC(=O)[C@]12CCC(C)(C)[C@H](O)[C@H]1C1=CC[C@H]3[C@@]4(C)CC[C@H](O)C(C)(C)[C@H]4CC[C@@]3(C)[C@]1(C)CC2. The van der Waals surface area contributed by atoms with E-state index in [1.807, 2.05) is 0 Å². The smallest absolute Gasteiger partial charge is 0.312 e. The molecule has 0 saturated heterocycles. The van der Waals surface area contributed by atoms with Crippen molar-refractivity contribution in [3.8, 4) is 0 Å². The van der Waals surface area contributed by atoms with Crippen LogP contribution < -0.4 is 0 Å². The van der Waals surface area contributed by atoms with Crippen molar-refractivity contribution in [2.24, 2.45) is 50.2 Å². The zero-order valence-electron chi connectivity index (χ0n) is 23.5. The zero-order chi connectivity index (χ0) is 25.8. The van der Waals surface area contributed by atoms with Crippen molar-refractivity contribution in [2.75, 3.05) is 7.11 Å². The second kappa shape index (κ2) is 7.59. The Labute approximate surface area is 213 Å². The normalized spacial score (nSPS) is 52.2. The van der Waals surface area contributed by atoms with Crippen molar-refractivity contribution >= 4 is 5.97 Å². The van der Waals surface area contributed by atoms with E-state index in [2.05, 4.69) is 54.5 Å². The number of esters is 1. The summed E-state index contributed by atoms with van der Waals surface area (Å²) in [5.41, 5.74) is 0.746. The predicted molar refractivity (Wildman–Crippen MR) is 138 cm³/mol. The molecule has 0 amide bonds. The Morgan fingerprint density at radius 3 is 2.20 bits per heavy atom. The van der Waals surface area contributed by atoms with Crippen molar-refractivity contribution in [3.63, 3.8) is 0 Å². The van der Waals surface area contributed by atoms with Gasteiger partial charge in [0.05, 0.1) is 24.7 Å². The molecule has 5 aliphatic rings. The van der Waals surface area contributed by atoms with Crippen LogP contribution in [0, 0.1) is 50.2 Å². The van der Waals surface area contributed by atoms with Crippen molar-refractivity contribution in [3.05, 3.63) is 11.6 Å². The van der Waals surface area contributed by atoms with Crippen molar-refractivity contribution in [1.82, 2.24) is 0 Å². The number of hydrogen-bond donors (Lipinski definition) is 2. The first-order valence-corrected chi connectivity index (χ1v) is 14.3. The van der Waals surface area contributed by atoms with E-state index in [1.54, 1.807) is 0 Å². The van der Waals surface area contributed by atoms with Crippen molar-refractivity contribution in [2.45, 2.75) is 118 Å². The molecule has 4 saturated carbocycles. The minimum atomic E-state index is -0.601. The second-order valence-electron chi connectivity index (χ2n) is 15.2. The summed E-state index contributed by atoms with van der Waals surface area (Å²) in [4.78, 5) is 13.4. The lowest BCUT2D eigenvalue weighted by Gasteiger charge is -2.71. The minimum absolute atomic E-state index is 0.0410. The highest BCUT2D eigenvalue weighted by molar-refractivity contribution is 5.79. The van der Waals surface area contributed by atoms with E-state index < -0.39 is 11.5 Å². The molecule has 5 rings (SSSR count). The summed E-state index contributed by atoms with van der Waals surface area (Å²) in [6, 6.07) is 0. The fraction of sp³-hybridized carbons (Fsp3) is 0.903. The second-order valence-corrected chi connectivity index (χ2v) is 15.2. The third-order valence-electron chi connectivity index (χ3n) is 13.4. The van der Waals surface area contributed by atoms with Gasteiger partial charge >= 0.3 is 5.97 Å². The summed E-state index contributed by atoms with van der Waals surface area (Å²) >= 11 is 0. The molecule has 5 aliphatic carbocycles. The number of allylic oxidation sites excluding steroid dienone is 1. The quantitative estimate of drug-likeness (QED) is 0.337. The molecule has 0 spiro atoms. The summed E-state index contributed by atoms with van der Waals surface area (Å²) in [6.07, 6.45) is 10.4. The highest BCUT2D eigenvalue weighted by atomic mass is 16.5. The molecule has 198 valence electrons. The maximum absolute atomic E-state index is 13.4. The molecule has 0 aromatic carbocycles. The Balaban J connectivity index is 1.63. The molecule has 4 nitrogen and oxygen atoms in total. The van der Waals surface area contributed by atoms with Gasteiger partial charge in [0.1, 0.15) is 0 Å². The number of carbonyl (C=O) groups excluding carboxylic acids is 1. The number of aliphatic hydroxyl groups excluding tert-OH is 2. The largest absolute Gasteiger partial charge is 0.469 e. The van der Waals surface area contributed by atoms with Gasteiger partial charge < -0.3 is 14.9 Å². The van der Waals surface area contributed by atoms with Gasteiger partial charge in [-0.25, -0.2) is 0 Å². The molecular weight excluding hydrogens is 436 g/mol. The van der Waals surface area contributed by atoms with Gasteiger partial charge in [-0.2, -0.15) is 0 Å². The van der Waals surface area contributed by atoms with Crippen LogP contribution in [-0.2, 0) is 9.53 Å². The van der Waals surface area contributed by atoms with Gasteiger partial charge in [-0.1, -0.05) is 60.1 Å². The van der Waals surface area contributed by atoms with Crippen molar-refractivity contribution in [1.29, 1.82) is 0 Å². The Kier molecular flexibility index (Phi) is 5.59. The van der Waals surface area contributed by atoms with Crippen LogP contribution in [0.3, 0.4) is 0 Å². The lowest BCUT2D eigenvalue weighted by atomic mass is 9.33. The standard InChI is InChI=1S/C31H50O4/c1-26(2)15-17-31(25(34)35-8)18-16-29(6)19(23(31)24(26)33)9-10-21-28(5)13-12-22(32)27(3,4)20(28)11-14-30(21,29)7/h9,20-24,32-33H,10-18H2,1-8H3/t20-,21+,22+,23-,24-,28+,29-,30-,31+/m1/s1. The number of hydrogen-bond acceptors (Lipinski definition) is 4. The van der Waals surface area contributed by atoms with Gasteiger partial charge in [-0.05, 0) is 96.7 Å². The predicted octanol–water partition coefficient (Wildman–Crippen LogP) is 6.29. The molecule has 4 heteroatoms. The monoisotopic (exact) mass is 486 g/mol. The van der Waals surface area contributed by atoms with E-state index in [9.17, 15) is 15.0 Å². The Bertz CT molecular complexity index is 934. The highest BCUT2D eigenvalue weighted by Crippen LogP contribution is 2.75. The van der Waals surface area contributed by atoms with E-state index in [1.165, 1.54) is 12.7 Å². The number of methoxy groups -OCH3 is 1. The Hall–Kier alpha value is -0.870. The van der Waals surface area contributed by atoms with Gasteiger partial charge in [0.2, 0.25) is 0 Å². The maximum atomic E-state index is 13.4. The summed E-state index contributed by atoms with van der Waals surface area (Å²) in [5, 5.41) is 22.8. The minimum Gasteiger partial charge on any atom is -0.469 e. The van der Waals surface area contributed by atoms with Gasteiger partial charge in [0.25, 0.3) is 0 Å². The van der Waals surface area contributed by atoms with Crippen LogP contribution in [0.1, 0.15) is 106 Å². The van der Waals surface area contributed by atoms with Crippen LogP contribution in [-0.4, -0.2) is 35.5 Å². The molecule has 2 N–H and O–H groups in total. The molecule has 0 aromatic rings. The molecular formula is C31H50O4. The van der Waals surface area contributed by atoms with E-state index in [0.29, 0.717) is 11.8 Å². The number of rotatable bonds is 1. The van der Waals surface area contributed by atoms with E-state index in [0.717, 1.165) is 57.8 Å². The van der Waals surface area contributed by atoms with Crippen LogP contribution in [0.2, 0.25) is 0 Å². The molecule has 0 heterocycles. The third-order valence-corrected chi connectivity index (χ3v) is 13.4. The van der Waals surface area contributed by atoms with Crippen LogP contribution >= 0.6 is 0 Å². The number of aliphatic hydroxyl groups is 2. The Morgan fingerprint density at radius 1 is 0.886 bits per heavy atom. The van der Waals surface area contributed by atoms with Gasteiger partial charge in [0.15, 0.2) is 0 Å². The molecule has 0 radical (unpaired) electrons. The summed E-state index contributed by atoms with van der Waals surface area (Å²) in [7, 11) is 1.52. The van der Waals surface area contributed by atoms with Gasteiger partial charge in [-0.15, -0.1) is 0 Å². The van der Waals surface area contributed by atoms with E-state index in [4.69, 9.17) is 4.74 Å². The average Bonchev–Trinajstić information content (AvgIpc) is 2.79. The molecule has 35 heavy (non-hydrogen) atoms. The summed E-state index contributed by atoms with van der Waals surface area (Å²) in [5.74, 6) is 0.789. The molecule has 0 aromatic heterocycles. The van der Waals surface area contributed by atoms with Crippen LogP contribution in [0.25, 0.3) is 0 Å². The average molecular weight is 487 g/mol. The zero-order valence-corrected chi connectivity index (χ0v) is 23.5. The third kappa shape index (κ3) is 3.02. The van der Waals surface area contributed by atoms with Crippen LogP contribution in [0.15, 0.2) is 11.6 Å². The first-order chi connectivity index (χ1) is 16.1.